The third-order valence-electron chi connectivity index (χ3n) is 14.8. The summed E-state index contributed by atoms with van der Waals surface area (Å²) in [6.45, 7) is 0. The van der Waals surface area contributed by atoms with Crippen molar-refractivity contribution in [2.75, 3.05) is 0 Å². The lowest BCUT2D eigenvalue weighted by molar-refractivity contribution is 1.13. The van der Waals surface area contributed by atoms with Crippen molar-refractivity contribution >= 4 is 110 Å². The third-order valence-corrected chi connectivity index (χ3v) is 15.3. The van der Waals surface area contributed by atoms with Crippen LogP contribution in [0.3, 0.4) is 0 Å². The van der Waals surface area contributed by atoms with Crippen LogP contribution in [0.1, 0.15) is 0 Å². The van der Waals surface area contributed by atoms with Gasteiger partial charge in [-0.1, -0.05) is 109 Å². The van der Waals surface area contributed by atoms with Gasteiger partial charge in [0.15, 0.2) is 0 Å². The first-order valence-corrected chi connectivity index (χ1v) is 25.0. The van der Waals surface area contributed by atoms with Gasteiger partial charge < -0.3 is 18.3 Å². The fourth-order valence-corrected chi connectivity index (χ4v) is 12.2. The number of aromatic nitrogens is 9. The molecular formula is C63H37N9S. The molecule has 8 heterocycles. The zero-order valence-electron chi connectivity index (χ0n) is 38.8. The van der Waals surface area contributed by atoms with E-state index in [9.17, 15) is 0 Å². The summed E-state index contributed by atoms with van der Waals surface area (Å²) in [6, 6.07) is 73.6. The van der Waals surface area contributed by atoms with Gasteiger partial charge in [-0.25, -0.2) is 0 Å². The minimum atomic E-state index is 0.679. The Bertz CT molecular complexity index is 4580. The number of nitrogens with zero attached hydrogens (tertiary/aromatic N) is 9. The lowest BCUT2D eigenvalue weighted by atomic mass is 10.1. The van der Waals surface area contributed by atoms with E-state index in [-0.39, 0.29) is 0 Å². The maximum absolute atomic E-state index is 5.10. The first-order chi connectivity index (χ1) is 36.2. The minimum Gasteiger partial charge on any atom is -0.309 e. The molecule has 0 bridgehead atoms. The smallest absolute Gasteiger partial charge is 0.133 e. The van der Waals surface area contributed by atoms with Crippen LogP contribution in [0.4, 0.5) is 0 Å². The number of hydrogen-bond donors (Lipinski definition) is 0. The largest absolute Gasteiger partial charge is 0.309 e. The van der Waals surface area contributed by atoms with Gasteiger partial charge in [0.1, 0.15) is 16.7 Å². The molecule has 73 heavy (non-hydrogen) atoms. The van der Waals surface area contributed by atoms with E-state index in [0.29, 0.717) is 11.2 Å². The van der Waals surface area contributed by atoms with Gasteiger partial charge in [0.2, 0.25) is 0 Å². The van der Waals surface area contributed by atoms with Crippen molar-refractivity contribution in [1.82, 2.24) is 42.0 Å². The predicted molar refractivity (Wildman–Crippen MR) is 299 cm³/mol. The summed E-state index contributed by atoms with van der Waals surface area (Å²) in [7, 11) is 0. The fourth-order valence-electron chi connectivity index (χ4n) is 11.6. The number of para-hydroxylation sites is 6. The molecule has 8 aromatic heterocycles. The second kappa shape index (κ2) is 15.4. The molecule has 0 fully saturated rings. The Morgan fingerprint density at radius 3 is 1.05 bits per heavy atom. The van der Waals surface area contributed by atoms with Gasteiger partial charge in [-0.15, -0.1) is 0 Å². The third kappa shape index (κ3) is 5.80. The Balaban J connectivity index is 0.776. The number of rotatable bonds is 6. The first kappa shape index (κ1) is 40.0. The Labute approximate surface area is 420 Å². The SMILES string of the molecule is c1ccc(-n2c3ccccc3c3cc4c(cc32)c2ccccc2n4-c2ccc(-c3cnc(-c4ccc(-n5c6ccccc6c6cc7c(cc65)c5ccccc5n7-c5ccccc5)cn4)c4nsnc34)nc2)cc1. The minimum absolute atomic E-state index is 0.679. The van der Waals surface area contributed by atoms with Gasteiger partial charge in [-0.3, -0.25) is 15.0 Å². The van der Waals surface area contributed by atoms with Crippen LogP contribution in [-0.2, 0) is 0 Å². The molecule has 0 unspecified atom stereocenters. The summed E-state index contributed by atoms with van der Waals surface area (Å²) >= 11 is 1.17. The molecule has 0 aliphatic rings. The van der Waals surface area contributed by atoms with Gasteiger partial charge in [0, 0.05) is 66.2 Å². The molecule has 0 aliphatic carbocycles. The molecule has 0 radical (unpaired) electrons. The van der Waals surface area contributed by atoms with Crippen LogP contribution in [-0.4, -0.2) is 42.0 Å². The topological polar surface area (TPSA) is 84.2 Å². The van der Waals surface area contributed by atoms with Crippen molar-refractivity contribution in [3.63, 3.8) is 0 Å². The highest BCUT2D eigenvalue weighted by Gasteiger charge is 2.22. The van der Waals surface area contributed by atoms with E-state index < -0.39 is 0 Å². The highest BCUT2D eigenvalue weighted by Crippen LogP contribution is 2.42. The van der Waals surface area contributed by atoms with Crippen LogP contribution in [0.15, 0.2) is 225 Å². The molecule has 0 aliphatic heterocycles. The Morgan fingerprint density at radius 1 is 0.274 bits per heavy atom. The summed E-state index contributed by atoms with van der Waals surface area (Å²) in [5, 5.41) is 9.56. The highest BCUT2D eigenvalue weighted by molar-refractivity contribution is 7.00. The molecule has 340 valence electrons. The molecular weight excluding hydrogens is 915 g/mol. The normalized spacial score (nSPS) is 12.1. The molecule has 16 rings (SSSR count). The number of hydrogen-bond acceptors (Lipinski definition) is 6. The molecule has 8 aromatic carbocycles. The molecule has 0 atom stereocenters. The van der Waals surface area contributed by atoms with E-state index in [1.165, 1.54) is 76.9 Å². The molecule has 10 heteroatoms. The summed E-state index contributed by atoms with van der Waals surface area (Å²) in [4.78, 5) is 15.2. The lowest BCUT2D eigenvalue weighted by Crippen LogP contribution is -1.98. The molecule has 0 spiro atoms. The average Bonchev–Trinajstić information content (AvgIpc) is 4.30. The average molecular weight is 952 g/mol. The van der Waals surface area contributed by atoms with Crippen LogP contribution in [0.5, 0.6) is 0 Å². The van der Waals surface area contributed by atoms with Gasteiger partial charge in [0.05, 0.1) is 91.0 Å². The van der Waals surface area contributed by atoms with E-state index in [1.54, 1.807) is 0 Å². The van der Waals surface area contributed by atoms with E-state index in [2.05, 4.69) is 218 Å². The number of benzene rings is 8. The standard InChI is InChI=1S/C63H37N9S/c1-3-15-38(16-4-1)69-53-23-11-7-19-42(53)46-33-59-48(31-57(46)69)44-21-9-13-25-55(44)71(59)40-27-29-51(64-35-40)50-37-66-62(63-61(50)67-73-68-63)52-30-28-41(36-65-52)72-56-26-14-10-22-45(56)49-32-58-47(34-60(49)72)43-20-8-12-24-54(43)70(58)39-17-5-2-6-18-39/h1-37H. The lowest BCUT2D eigenvalue weighted by Gasteiger charge is -2.11. The van der Waals surface area contributed by atoms with Crippen LogP contribution in [0.2, 0.25) is 0 Å². The van der Waals surface area contributed by atoms with Crippen LogP contribution >= 0.6 is 11.7 Å². The zero-order chi connectivity index (χ0) is 47.7. The van der Waals surface area contributed by atoms with Crippen molar-refractivity contribution in [3.05, 3.63) is 225 Å². The number of fused-ring (bicyclic) bond motifs is 13. The monoisotopic (exact) mass is 951 g/mol. The maximum atomic E-state index is 5.10. The Morgan fingerprint density at radius 2 is 0.644 bits per heavy atom. The van der Waals surface area contributed by atoms with E-state index in [4.69, 9.17) is 23.7 Å². The summed E-state index contributed by atoms with van der Waals surface area (Å²) in [6.07, 6.45) is 5.76. The molecule has 0 saturated heterocycles. The predicted octanol–water partition coefficient (Wildman–Crippen LogP) is 15.6. The van der Waals surface area contributed by atoms with Crippen molar-refractivity contribution < 1.29 is 0 Å². The second-order valence-corrected chi connectivity index (χ2v) is 19.2. The maximum Gasteiger partial charge on any atom is 0.133 e. The fraction of sp³-hybridized carbons (Fsp3) is 0. The van der Waals surface area contributed by atoms with Crippen LogP contribution in [0, 0.1) is 0 Å². The van der Waals surface area contributed by atoms with Crippen LogP contribution in [0.25, 0.3) is 144 Å². The molecule has 16 aromatic rings. The number of pyridine rings is 3. The van der Waals surface area contributed by atoms with Crippen LogP contribution < -0.4 is 0 Å². The quantitative estimate of drug-likeness (QED) is 0.166. The van der Waals surface area contributed by atoms with E-state index in [1.807, 2.05) is 24.7 Å². The molecule has 9 nitrogen and oxygen atoms in total. The van der Waals surface area contributed by atoms with Crippen molar-refractivity contribution in [3.8, 4) is 45.4 Å². The van der Waals surface area contributed by atoms with Crippen molar-refractivity contribution in [1.29, 1.82) is 0 Å². The van der Waals surface area contributed by atoms with Crippen molar-refractivity contribution in [2.24, 2.45) is 0 Å². The van der Waals surface area contributed by atoms with Gasteiger partial charge in [-0.05, 0) is 97.1 Å². The van der Waals surface area contributed by atoms with Crippen molar-refractivity contribution in [2.45, 2.75) is 0 Å². The Kier molecular flexibility index (Phi) is 8.42. The zero-order valence-corrected chi connectivity index (χ0v) is 39.6. The van der Waals surface area contributed by atoms with Gasteiger partial charge in [0.25, 0.3) is 0 Å². The highest BCUT2D eigenvalue weighted by atomic mass is 32.1. The van der Waals surface area contributed by atoms with E-state index in [0.717, 1.165) is 67.3 Å². The van der Waals surface area contributed by atoms with Gasteiger partial charge in [-0.2, -0.15) is 8.75 Å². The molecule has 0 N–H and O–H groups in total. The second-order valence-electron chi connectivity index (χ2n) is 18.6. The molecule has 0 amide bonds. The Hall–Kier alpha value is -9.77. The summed E-state index contributed by atoms with van der Waals surface area (Å²) < 4.78 is 19.0. The summed E-state index contributed by atoms with van der Waals surface area (Å²) in [5.74, 6) is 0. The summed E-state index contributed by atoms with van der Waals surface area (Å²) in [5.41, 5.74) is 17.8. The van der Waals surface area contributed by atoms with E-state index >= 15 is 0 Å². The molecule has 0 saturated carbocycles. The first-order valence-electron chi connectivity index (χ1n) is 24.3. The van der Waals surface area contributed by atoms with Gasteiger partial charge >= 0.3 is 0 Å².